The zero-order valence-corrected chi connectivity index (χ0v) is 18.1. The topological polar surface area (TPSA) is 66.5 Å². The first-order chi connectivity index (χ1) is 14.3. The summed E-state index contributed by atoms with van der Waals surface area (Å²) in [6, 6.07) is 13.9. The van der Waals surface area contributed by atoms with Crippen molar-refractivity contribution in [3.63, 3.8) is 0 Å². The van der Waals surface area contributed by atoms with Gasteiger partial charge in [-0.05, 0) is 55.9 Å². The van der Waals surface area contributed by atoms with Gasteiger partial charge in [0.1, 0.15) is 5.82 Å². The number of sulfonamides is 1. The number of benzene rings is 2. The van der Waals surface area contributed by atoms with Gasteiger partial charge in [0.05, 0.1) is 5.75 Å². The lowest BCUT2D eigenvalue weighted by Crippen LogP contribution is -2.43. The molecular formula is C23H29FN2O3S. The van der Waals surface area contributed by atoms with Crippen LogP contribution in [0.2, 0.25) is 0 Å². The lowest BCUT2D eigenvalue weighted by molar-refractivity contribution is -0.126. The molecule has 1 saturated heterocycles. The van der Waals surface area contributed by atoms with Crippen LogP contribution in [0.5, 0.6) is 0 Å². The third-order valence-corrected chi connectivity index (χ3v) is 7.35. The van der Waals surface area contributed by atoms with Gasteiger partial charge in [0.15, 0.2) is 0 Å². The molecule has 0 unspecified atom stereocenters. The standard InChI is InChI=1S/C23H29FN2O3S/c1-18-4-2-5-19(16-18)6-3-13-25-23(27)21-11-14-26(15-12-21)30(28,29)17-20-7-9-22(24)10-8-20/h2,4-5,7-10,16,21H,3,6,11-15,17H2,1H3,(H,25,27). The summed E-state index contributed by atoms with van der Waals surface area (Å²) in [5.74, 6) is -0.679. The van der Waals surface area contributed by atoms with Crippen LogP contribution in [0.15, 0.2) is 48.5 Å². The fourth-order valence-corrected chi connectivity index (χ4v) is 5.36. The number of aryl methyl sites for hydroxylation is 2. The van der Waals surface area contributed by atoms with E-state index in [0.29, 0.717) is 38.0 Å². The second kappa shape index (κ2) is 10.2. The number of carbonyl (C=O) groups is 1. The highest BCUT2D eigenvalue weighted by molar-refractivity contribution is 7.88. The smallest absolute Gasteiger partial charge is 0.223 e. The van der Waals surface area contributed by atoms with Crippen LogP contribution in [0.25, 0.3) is 0 Å². The van der Waals surface area contributed by atoms with Gasteiger partial charge in [-0.3, -0.25) is 4.79 Å². The number of nitrogens with one attached hydrogen (secondary N) is 1. The second-order valence-electron chi connectivity index (χ2n) is 7.94. The van der Waals surface area contributed by atoms with E-state index in [2.05, 4.69) is 30.4 Å². The maximum Gasteiger partial charge on any atom is 0.223 e. The van der Waals surface area contributed by atoms with Crippen molar-refractivity contribution in [2.45, 2.75) is 38.4 Å². The summed E-state index contributed by atoms with van der Waals surface area (Å²) in [6.45, 7) is 3.36. The van der Waals surface area contributed by atoms with Crippen molar-refractivity contribution >= 4 is 15.9 Å². The van der Waals surface area contributed by atoms with Crippen molar-refractivity contribution in [3.8, 4) is 0 Å². The molecule has 1 amide bonds. The Morgan fingerprint density at radius 2 is 1.80 bits per heavy atom. The fraction of sp³-hybridized carbons (Fsp3) is 0.435. The molecule has 0 bridgehead atoms. The van der Waals surface area contributed by atoms with Crippen molar-refractivity contribution in [2.24, 2.45) is 5.92 Å². The average Bonchev–Trinajstić information content (AvgIpc) is 2.73. The lowest BCUT2D eigenvalue weighted by atomic mass is 9.97. The SMILES string of the molecule is Cc1cccc(CCCNC(=O)C2CCN(S(=O)(=O)Cc3ccc(F)cc3)CC2)c1. The Kier molecular flexibility index (Phi) is 7.61. The number of hydrogen-bond acceptors (Lipinski definition) is 3. The van der Waals surface area contributed by atoms with E-state index < -0.39 is 10.0 Å². The predicted octanol–water partition coefficient (Wildman–Crippen LogP) is 3.42. The number of piperidine rings is 1. The molecular weight excluding hydrogens is 403 g/mol. The zero-order chi connectivity index (χ0) is 21.6. The van der Waals surface area contributed by atoms with Crippen molar-refractivity contribution in [1.29, 1.82) is 0 Å². The van der Waals surface area contributed by atoms with Gasteiger partial charge in [-0.25, -0.2) is 17.1 Å². The molecule has 0 aromatic heterocycles. The highest BCUT2D eigenvalue weighted by atomic mass is 32.2. The minimum absolute atomic E-state index is 0.00910. The summed E-state index contributed by atoms with van der Waals surface area (Å²) in [6.07, 6.45) is 2.83. The number of hydrogen-bond donors (Lipinski definition) is 1. The third-order valence-electron chi connectivity index (χ3n) is 5.50. The maximum atomic E-state index is 13.0. The number of halogens is 1. The van der Waals surface area contributed by atoms with Crippen LogP contribution >= 0.6 is 0 Å². The summed E-state index contributed by atoms with van der Waals surface area (Å²) in [5.41, 5.74) is 3.06. The van der Waals surface area contributed by atoms with E-state index in [1.54, 1.807) is 0 Å². The molecule has 1 fully saturated rings. The molecule has 2 aromatic rings. The minimum atomic E-state index is -3.47. The van der Waals surface area contributed by atoms with E-state index in [9.17, 15) is 17.6 Å². The molecule has 0 atom stereocenters. The minimum Gasteiger partial charge on any atom is -0.356 e. The maximum absolute atomic E-state index is 13.0. The Bertz CT molecular complexity index is 953. The quantitative estimate of drug-likeness (QED) is 0.650. The summed E-state index contributed by atoms with van der Waals surface area (Å²) >= 11 is 0. The lowest BCUT2D eigenvalue weighted by Gasteiger charge is -2.30. The highest BCUT2D eigenvalue weighted by Crippen LogP contribution is 2.22. The largest absolute Gasteiger partial charge is 0.356 e. The van der Waals surface area contributed by atoms with Gasteiger partial charge in [-0.1, -0.05) is 42.0 Å². The van der Waals surface area contributed by atoms with Gasteiger partial charge in [-0.2, -0.15) is 0 Å². The Balaban J connectivity index is 1.40. The normalized spacial score (nSPS) is 15.8. The van der Waals surface area contributed by atoms with E-state index in [4.69, 9.17) is 0 Å². The van der Waals surface area contributed by atoms with Crippen LogP contribution in [-0.4, -0.2) is 38.3 Å². The number of nitrogens with zero attached hydrogens (tertiary/aromatic N) is 1. The number of amides is 1. The molecule has 1 aliphatic rings. The first-order valence-corrected chi connectivity index (χ1v) is 12.0. The first kappa shape index (κ1) is 22.4. The van der Waals surface area contributed by atoms with Crippen LogP contribution in [0, 0.1) is 18.7 Å². The summed E-state index contributed by atoms with van der Waals surface area (Å²) < 4.78 is 39.7. The molecule has 2 aromatic carbocycles. The molecule has 0 saturated carbocycles. The Hall–Kier alpha value is -2.25. The number of rotatable bonds is 8. The van der Waals surface area contributed by atoms with E-state index >= 15 is 0 Å². The number of carbonyl (C=O) groups excluding carboxylic acids is 1. The molecule has 1 aliphatic heterocycles. The average molecular weight is 433 g/mol. The molecule has 7 heteroatoms. The van der Waals surface area contributed by atoms with Gasteiger partial charge in [0, 0.05) is 25.6 Å². The van der Waals surface area contributed by atoms with Gasteiger partial charge in [0.2, 0.25) is 15.9 Å². The van der Waals surface area contributed by atoms with Crippen LogP contribution in [0.1, 0.15) is 36.0 Å². The van der Waals surface area contributed by atoms with Crippen molar-refractivity contribution < 1.29 is 17.6 Å². The van der Waals surface area contributed by atoms with E-state index in [1.807, 2.05) is 6.07 Å². The second-order valence-corrected chi connectivity index (χ2v) is 9.91. The van der Waals surface area contributed by atoms with Crippen LogP contribution in [-0.2, 0) is 27.0 Å². The summed E-state index contributed by atoms with van der Waals surface area (Å²) in [5, 5.41) is 2.99. The predicted molar refractivity (Wildman–Crippen MR) is 116 cm³/mol. The molecule has 0 aliphatic carbocycles. The molecule has 1 heterocycles. The molecule has 0 radical (unpaired) electrons. The first-order valence-electron chi connectivity index (χ1n) is 10.4. The Morgan fingerprint density at radius 3 is 2.47 bits per heavy atom. The molecule has 3 rings (SSSR count). The van der Waals surface area contributed by atoms with Gasteiger partial charge < -0.3 is 5.32 Å². The monoisotopic (exact) mass is 432 g/mol. The molecule has 162 valence electrons. The Labute approximate surface area is 178 Å². The van der Waals surface area contributed by atoms with Crippen molar-refractivity contribution in [2.75, 3.05) is 19.6 Å². The zero-order valence-electron chi connectivity index (χ0n) is 17.3. The molecule has 1 N–H and O–H groups in total. The van der Waals surface area contributed by atoms with Crippen molar-refractivity contribution in [3.05, 3.63) is 71.0 Å². The van der Waals surface area contributed by atoms with Gasteiger partial charge in [0.25, 0.3) is 0 Å². The van der Waals surface area contributed by atoms with Crippen LogP contribution in [0.4, 0.5) is 4.39 Å². The summed E-state index contributed by atoms with van der Waals surface area (Å²) in [4.78, 5) is 12.4. The van der Waals surface area contributed by atoms with Crippen LogP contribution in [0.3, 0.4) is 0 Å². The van der Waals surface area contributed by atoms with Crippen molar-refractivity contribution in [1.82, 2.24) is 9.62 Å². The molecule has 5 nitrogen and oxygen atoms in total. The molecule has 0 spiro atoms. The fourth-order valence-electron chi connectivity index (χ4n) is 3.79. The van der Waals surface area contributed by atoms with Crippen LogP contribution < -0.4 is 5.32 Å². The van der Waals surface area contributed by atoms with E-state index in [0.717, 1.165) is 12.8 Å². The molecule has 30 heavy (non-hydrogen) atoms. The van der Waals surface area contributed by atoms with E-state index in [1.165, 1.54) is 39.7 Å². The van der Waals surface area contributed by atoms with E-state index in [-0.39, 0.29) is 23.4 Å². The van der Waals surface area contributed by atoms with Gasteiger partial charge in [-0.15, -0.1) is 0 Å². The third kappa shape index (κ3) is 6.37. The highest BCUT2D eigenvalue weighted by Gasteiger charge is 2.31. The van der Waals surface area contributed by atoms with Gasteiger partial charge >= 0.3 is 0 Å². The summed E-state index contributed by atoms with van der Waals surface area (Å²) in [7, 11) is -3.47. The Morgan fingerprint density at radius 1 is 1.10 bits per heavy atom.